The van der Waals surface area contributed by atoms with Crippen LogP contribution in [0.15, 0.2) is 0 Å². The lowest BCUT2D eigenvalue weighted by Crippen LogP contribution is -2.06. The molecule has 0 aromatic rings. The molecule has 0 spiro atoms. The van der Waals surface area contributed by atoms with Crippen LogP contribution in [0.25, 0.3) is 0 Å². The van der Waals surface area contributed by atoms with E-state index >= 15 is 0 Å². The maximum atomic E-state index is 2.41. The van der Waals surface area contributed by atoms with Crippen LogP contribution in [0.3, 0.4) is 0 Å². The lowest BCUT2D eigenvalue weighted by atomic mass is 9.88. The van der Waals surface area contributed by atoms with Crippen LogP contribution >= 0.6 is 0 Å². The SMILES string of the molecule is CCCCCCCCCCCCCCCCCCCCCCCCCCCCCCCCCCCCCCCCCCCCCCCCCCCCCCCCCCCCCCCCCCCCCCCCCCCCCCCCCCCCCCCCCCCCCCCCCCCC(CC)C(C)C. The van der Waals surface area contributed by atoms with E-state index < -0.39 is 0 Å². The van der Waals surface area contributed by atoms with E-state index in [0.717, 1.165) is 11.8 Å². The molecular weight excluding hydrogens is 1260 g/mol. The van der Waals surface area contributed by atoms with E-state index in [1.54, 1.807) is 0 Å². The van der Waals surface area contributed by atoms with Gasteiger partial charge in [-0.05, 0) is 11.8 Å². The molecule has 632 valence electrons. The molecule has 0 aromatic carbocycles. The highest BCUT2D eigenvalue weighted by molar-refractivity contribution is 4.63. The second-order valence-corrected chi connectivity index (χ2v) is 37.1. The lowest BCUT2D eigenvalue weighted by Gasteiger charge is -2.18. The normalized spacial score (nSPS) is 12.2. The van der Waals surface area contributed by atoms with Crippen molar-refractivity contribution in [2.45, 2.75) is 663 Å². The molecule has 0 heterocycles. The zero-order chi connectivity index (χ0) is 75.2. The molecule has 1 unspecified atom stereocenters. The van der Waals surface area contributed by atoms with Gasteiger partial charge in [-0.15, -0.1) is 0 Å². The molecule has 0 N–H and O–H groups in total. The van der Waals surface area contributed by atoms with Crippen molar-refractivity contribution in [3.8, 4) is 0 Å². The second-order valence-electron chi connectivity index (χ2n) is 37.1. The average molecular weight is 1470 g/mol. The zero-order valence-electron chi connectivity index (χ0n) is 75.2. The van der Waals surface area contributed by atoms with E-state index in [1.165, 1.54) is 636 Å². The topological polar surface area (TPSA) is 0 Å². The van der Waals surface area contributed by atoms with Gasteiger partial charge < -0.3 is 0 Å². The summed E-state index contributed by atoms with van der Waals surface area (Å²) in [5.74, 6) is 1.84. The summed E-state index contributed by atoms with van der Waals surface area (Å²) in [6.45, 7) is 9.51. The van der Waals surface area contributed by atoms with Gasteiger partial charge in [0.15, 0.2) is 0 Å². The standard InChI is InChI=1S/C105H212/c1-5-7-8-9-10-11-12-13-14-15-16-17-18-19-20-21-22-23-24-25-26-27-28-29-30-31-32-33-34-35-36-37-38-39-40-41-42-43-44-45-46-47-48-49-50-51-52-53-54-55-56-57-58-59-60-61-62-63-64-65-66-67-68-69-70-71-72-73-74-75-76-77-78-79-80-81-82-83-84-85-86-87-88-89-90-91-92-93-94-95-96-97-98-99-100-101-102-103-105(6-2)104(3)4/h104-105H,5-103H2,1-4H3. The summed E-state index contributed by atoms with van der Waals surface area (Å²) in [5.41, 5.74) is 0. The van der Waals surface area contributed by atoms with Gasteiger partial charge in [0.2, 0.25) is 0 Å². The van der Waals surface area contributed by atoms with Crippen LogP contribution in [-0.2, 0) is 0 Å². The maximum Gasteiger partial charge on any atom is -0.0394 e. The van der Waals surface area contributed by atoms with E-state index in [4.69, 9.17) is 0 Å². The van der Waals surface area contributed by atoms with Gasteiger partial charge >= 0.3 is 0 Å². The van der Waals surface area contributed by atoms with Crippen LogP contribution < -0.4 is 0 Å². The van der Waals surface area contributed by atoms with Gasteiger partial charge in [0.25, 0.3) is 0 Å². The predicted octanol–water partition coefficient (Wildman–Crippen LogP) is 40.9. The first kappa shape index (κ1) is 105. The van der Waals surface area contributed by atoms with Crippen LogP contribution in [0.1, 0.15) is 663 Å². The molecule has 0 saturated heterocycles. The number of hydrogen-bond donors (Lipinski definition) is 0. The van der Waals surface area contributed by atoms with Gasteiger partial charge in [-0.25, -0.2) is 0 Å². The highest BCUT2D eigenvalue weighted by Crippen LogP contribution is 2.26. The molecule has 1 atom stereocenters. The molecule has 105 heavy (non-hydrogen) atoms. The number of hydrogen-bond acceptors (Lipinski definition) is 0. The molecular formula is C105H212. The van der Waals surface area contributed by atoms with Crippen molar-refractivity contribution in [1.29, 1.82) is 0 Å². The van der Waals surface area contributed by atoms with Crippen molar-refractivity contribution in [3.63, 3.8) is 0 Å². The minimum atomic E-state index is 0.876. The van der Waals surface area contributed by atoms with Gasteiger partial charge in [-0.3, -0.25) is 0 Å². The van der Waals surface area contributed by atoms with Crippen LogP contribution in [0, 0.1) is 11.8 Å². The van der Waals surface area contributed by atoms with Crippen LogP contribution in [0.5, 0.6) is 0 Å². The van der Waals surface area contributed by atoms with E-state index in [0.29, 0.717) is 0 Å². The Hall–Kier alpha value is 0. The molecule has 0 fully saturated rings. The van der Waals surface area contributed by atoms with Gasteiger partial charge in [-0.2, -0.15) is 0 Å². The monoisotopic (exact) mass is 1470 g/mol. The Balaban J connectivity index is 3.10. The first-order valence-electron chi connectivity index (χ1n) is 52.2. The van der Waals surface area contributed by atoms with Gasteiger partial charge in [0, 0.05) is 0 Å². The highest BCUT2D eigenvalue weighted by atomic mass is 14.2. The third kappa shape index (κ3) is 98.1. The smallest absolute Gasteiger partial charge is 0.0394 e. The Morgan fingerprint density at radius 2 is 0.181 bits per heavy atom. The van der Waals surface area contributed by atoms with E-state index in [9.17, 15) is 0 Å². The fourth-order valence-corrected chi connectivity index (χ4v) is 18.3. The molecule has 0 bridgehead atoms. The van der Waals surface area contributed by atoms with E-state index in [1.807, 2.05) is 0 Å². The molecule has 0 aliphatic heterocycles. The summed E-state index contributed by atoms with van der Waals surface area (Å²) in [6.07, 6.45) is 148. The van der Waals surface area contributed by atoms with Crippen LogP contribution in [-0.4, -0.2) is 0 Å². The summed E-state index contributed by atoms with van der Waals surface area (Å²) in [4.78, 5) is 0. The molecule has 0 radical (unpaired) electrons. The number of unbranched alkanes of at least 4 members (excludes halogenated alkanes) is 96. The first-order valence-corrected chi connectivity index (χ1v) is 52.2. The van der Waals surface area contributed by atoms with Crippen molar-refractivity contribution < 1.29 is 0 Å². The van der Waals surface area contributed by atoms with Gasteiger partial charge in [0.05, 0.1) is 0 Å². The molecule has 0 aliphatic carbocycles. The van der Waals surface area contributed by atoms with E-state index in [2.05, 4.69) is 27.7 Å². The lowest BCUT2D eigenvalue weighted by molar-refractivity contribution is 0.335. The average Bonchev–Trinajstić information content (AvgIpc) is 1.62. The molecule has 0 rings (SSSR count). The summed E-state index contributed by atoms with van der Waals surface area (Å²) < 4.78 is 0. The van der Waals surface area contributed by atoms with Crippen molar-refractivity contribution in [2.24, 2.45) is 11.8 Å². The molecule has 0 heteroatoms. The van der Waals surface area contributed by atoms with Crippen molar-refractivity contribution in [3.05, 3.63) is 0 Å². The Morgan fingerprint density at radius 3 is 0.248 bits per heavy atom. The molecule has 0 aromatic heterocycles. The Labute approximate surface area is 671 Å². The fraction of sp³-hybridized carbons (Fsp3) is 1.00. The largest absolute Gasteiger partial charge is 0.0654 e. The highest BCUT2D eigenvalue weighted by Gasteiger charge is 2.10. The Bertz CT molecular complexity index is 1410. The summed E-state index contributed by atoms with van der Waals surface area (Å²) >= 11 is 0. The van der Waals surface area contributed by atoms with Gasteiger partial charge in [0.1, 0.15) is 0 Å². The third-order valence-electron chi connectivity index (χ3n) is 26.1. The minimum absolute atomic E-state index is 0.876. The van der Waals surface area contributed by atoms with Crippen molar-refractivity contribution in [2.75, 3.05) is 0 Å². The summed E-state index contributed by atoms with van der Waals surface area (Å²) in [6, 6.07) is 0. The van der Waals surface area contributed by atoms with Crippen molar-refractivity contribution in [1.82, 2.24) is 0 Å². The third-order valence-corrected chi connectivity index (χ3v) is 26.1. The summed E-state index contributed by atoms with van der Waals surface area (Å²) in [7, 11) is 0. The van der Waals surface area contributed by atoms with Crippen LogP contribution in [0.2, 0.25) is 0 Å². The van der Waals surface area contributed by atoms with E-state index in [-0.39, 0.29) is 0 Å². The fourth-order valence-electron chi connectivity index (χ4n) is 18.3. The zero-order valence-corrected chi connectivity index (χ0v) is 75.2. The minimum Gasteiger partial charge on any atom is -0.0654 e. The quantitative estimate of drug-likeness (QED) is 0.0533. The summed E-state index contributed by atoms with van der Waals surface area (Å²) in [5, 5.41) is 0. The molecule has 0 nitrogen and oxygen atoms in total. The Morgan fingerprint density at radius 1 is 0.105 bits per heavy atom. The molecule has 0 amide bonds. The number of rotatable bonds is 100. The molecule has 0 aliphatic rings. The van der Waals surface area contributed by atoms with Gasteiger partial charge in [-0.1, -0.05) is 663 Å². The molecule has 0 saturated carbocycles. The van der Waals surface area contributed by atoms with Crippen LogP contribution in [0.4, 0.5) is 0 Å². The first-order chi connectivity index (χ1) is 52.2. The predicted molar refractivity (Wildman–Crippen MR) is 487 cm³/mol. The van der Waals surface area contributed by atoms with Crippen molar-refractivity contribution >= 4 is 0 Å². The second kappa shape index (κ2) is 100. The maximum absolute atomic E-state index is 2.41. The Kier molecular flexibility index (Phi) is 100.